The summed E-state index contributed by atoms with van der Waals surface area (Å²) in [6.45, 7) is 0. The Morgan fingerprint density at radius 1 is 1.19 bits per heavy atom. The van der Waals surface area contributed by atoms with Gasteiger partial charge in [-0.1, -0.05) is 5.16 Å². The van der Waals surface area contributed by atoms with Crippen molar-refractivity contribution in [2.24, 2.45) is 0 Å². The van der Waals surface area contributed by atoms with Gasteiger partial charge in [-0.15, -0.1) is 0 Å². The van der Waals surface area contributed by atoms with Gasteiger partial charge in [0, 0.05) is 11.6 Å². The van der Waals surface area contributed by atoms with Crippen LogP contribution in [0.2, 0.25) is 0 Å². The van der Waals surface area contributed by atoms with Crippen LogP contribution in [0.25, 0.3) is 33.8 Å². The van der Waals surface area contributed by atoms with Gasteiger partial charge in [-0.05, 0) is 30.3 Å². The molecule has 0 N–H and O–H groups in total. The second-order valence-electron chi connectivity index (χ2n) is 5.58. The van der Waals surface area contributed by atoms with Gasteiger partial charge in [0.25, 0.3) is 5.71 Å². The van der Waals surface area contributed by atoms with E-state index >= 15 is 0 Å². The van der Waals surface area contributed by atoms with Crippen molar-refractivity contribution >= 4 is 17.1 Å². The van der Waals surface area contributed by atoms with Crippen molar-refractivity contribution < 1.29 is 27.6 Å². The van der Waals surface area contributed by atoms with Gasteiger partial charge in [0.1, 0.15) is 11.6 Å². The Hall–Kier alpha value is -3.68. The van der Waals surface area contributed by atoms with Gasteiger partial charge in [0.2, 0.25) is 0 Å². The van der Waals surface area contributed by atoms with Crippen LogP contribution in [-0.2, 0) is 4.74 Å². The highest BCUT2D eigenvalue weighted by Gasteiger charge is 2.24. The molecular formula is C19H13FN2O5. The maximum Gasteiger partial charge on any atom is 0.338 e. The standard InChI is InChI=1S/C19H13FN2O5/c1-24-10-5-6-11(13(20)8-10)14-9-12(19(23)25-2)16-17(15-4-3-7-26-15)22-27-18(16)21-14/h3-9H,1-2H3. The molecule has 27 heavy (non-hydrogen) atoms. The molecule has 0 aliphatic heterocycles. The van der Waals surface area contributed by atoms with Gasteiger partial charge in [-0.25, -0.2) is 14.2 Å². The molecule has 4 aromatic rings. The Balaban J connectivity index is 1.96. The van der Waals surface area contributed by atoms with Crippen LogP contribution in [0.1, 0.15) is 10.4 Å². The largest absolute Gasteiger partial charge is 0.497 e. The molecule has 136 valence electrons. The normalized spacial score (nSPS) is 10.9. The Morgan fingerprint density at radius 2 is 2.04 bits per heavy atom. The first kappa shape index (κ1) is 16.8. The van der Waals surface area contributed by atoms with E-state index in [4.69, 9.17) is 18.4 Å². The lowest BCUT2D eigenvalue weighted by atomic mass is 10.0. The summed E-state index contributed by atoms with van der Waals surface area (Å²) in [4.78, 5) is 16.7. The highest BCUT2D eigenvalue weighted by Crippen LogP contribution is 2.34. The molecule has 0 atom stereocenters. The fraction of sp³-hybridized carbons (Fsp3) is 0.105. The fourth-order valence-corrected chi connectivity index (χ4v) is 2.77. The Kier molecular flexibility index (Phi) is 4.08. The minimum absolute atomic E-state index is 0.0644. The van der Waals surface area contributed by atoms with Crippen LogP contribution in [0, 0.1) is 5.82 Å². The van der Waals surface area contributed by atoms with Crippen LogP contribution in [-0.4, -0.2) is 30.3 Å². The van der Waals surface area contributed by atoms with E-state index in [0.717, 1.165) is 0 Å². The van der Waals surface area contributed by atoms with E-state index in [9.17, 15) is 9.18 Å². The van der Waals surface area contributed by atoms with Crippen molar-refractivity contribution in [3.8, 4) is 28.5 Å². The van der Waals surface area contributed by atoms with Gasteiger partial charge in [-0.3, -0.25) is 0 Å². The monoisotopic (exact) mass is 368 g/mol. The van der Waals surface area contributed by atoms with E-state index in [2.05, 4.69) is 10.1 Å². The number of nitrogens with zero attached hydrogens (tertiary/aromatic N) is 2. The second kappa shape index (κ2) is 6.56. The van der Waals surface area contributed by atoms with Crippen LogP contribution < -0.4 is 4.74 Å². The first-order valence-corrected chi connectivity index (χ1v) is 7.89. The van der Waals surface area contributed by atoms with Gasteiger partial charge in [0.05, 0.1) is 37.1 Å². The number of pyridine rings is 1. The lowest BCUT2D eigenvalue weighted by molar-refractivity contribution is 0.0603. The number of aromatic nitrogens is 2. The summed E-state index contributed by atoms with van der Waals surface area (Å²) in [6.07, 6.45) is 1.47. The highest BCUT2D eigenvalue weighted by molar-refractivity contribution is 6.07. The van der Waals surface area contributed by atoms with Crippen molar-refractivity contribution in [1.82, 2.24) is 10.1 Å². The number of fused-ring (bicyclic) bond motifs is 1. The SMILES string of the molecule is COC(=O)c1cc(-c2ccc(OC)cc2F)nc2onc(-c3ccco3)c12. The number of halogens is 1. The van der Waals surface area contributed by atoms with Crippen LogP contribution in [0.15, 0.2) is 51.6 Å². The summed E-state index contributed by atoms with van der Waals surface area (Å²) in [6, 6.07) is 9.12. The van der Waals surface area contributed by atoms with Gasteiger partial charge in [0.15, 0.2) is 11.5 Å². The lowest BCUT2D eigenvalue weighted by Gasteiger charge is -2.07. The lowest BCUT2D eigenvalue weighted by Crippen LogP contribution is -2.04. The van der Waals surface area contributed by atoms with Crippen molar-refractivity contribution in [2.45, 2.75) is 0 Å². The summed E-state index contributed by atoms with van der Waals surface area (Å²) in [5.41, 5.74) is 0.892. The third kappa shape index (κ3) is 2.80. The molecule has 3 heterocycles. The quantitative estimate of drug-likeness (QED) is 0.501. The molecule has 8 heteroatoms. The van der Waals surface area contributed by atoms with E-state index in [1.54, 1.807) is 18.2 Å². The van der Waals surface area contributed by atoms with E-state index in [1.165, 1.54) is 38.7 Å². The van der Waals surface area contributed by atoms with Crippen LogP contribution in [0.3, 0.4) is 0 Å². The smallest absolute Gasteiger partial charge is 0.338 e. The number of hydrogen-bond acceptors (Lipinski definition) is 7. The van der Waals surface area contributed by atoms with Gasteiger partial charge in [-0.2, -0.15) is 0 Å². The molecule has 4 rings (SSSR count). The summed E-state index contributed by atoms with van der Waals surface area (Å²) >= 11 is 0. The third-order valence-electron chi connectivity index (χ3n) is 4.06. The van der Waals surface area contributed by atoms with E-state index in [0.29, 0.717) is 22.6 Å². The molecule has 0 amide bonds. The summed E-state index contributed by atoms with van der Waals surface area (Å²) in [5, 5.41) is 4.28. The predicted octanol–water partition coefficient (Wildman–Crippen LogP) is 4.08. The van der Waals surface area contributed by atoms with Gasteiger partial charge < -0.3 is 18.4 Å². The number of hydrogen-bond donors (Lipinski definition) is 0. The molecule has 0 unspecified atom stereocenters. The molecule has 3 aromatic heterocycles. The molecule has 0 spiro atoms. The zero-order valence-corrected chi connectivity index (χ0v) is 14.4. The number of ether oxygens (including phenoxy) is 2. The molecule has 0 saturated heterocycles. The number of benzene rings is 1. The molecule has 0 bridgehead atoms. The molecule has 0 aliphatic rings. The number of carbonyl (C=O) groups excluding carboxylic acids is 1. The van der Waals surface area contributed by atoms with Crippen molar-refractivity contribution in [2.75, 3.05) is 14.2 Å². The number of rotatable bonds is 4. The van der Waals surface area contributed by atoms with Gasteiger partial charge >= 0.3 is 5.97 Å². The molecule has 0 aliphatic carbocycles. The predicted molar refractivity (Wildman–Crippen MR) is 92.8 cm³/mol. The third-order valence-corrected chi connectivity index (χ3v) is 4.06. The van der Waals surface area contributed by atoms with Crippen LogP contribution >= 0.6 is 0 Å². The van der Waals surface area contributed by atoms with E-state index < -0.39 is 11.8 Å². The molecule has 7 nitrogen and oxygen atoms in total. The topological polar surface area (TPSA) is 87.6 Å². The summed E-state index contributed by atoms with van der Waals surface area (Å²) in [7, 11) is 2.70. The first-order valence-electron chi connectivity index (χ1n) is 7.89. The van der Waals surface area contributed by atoms with Crippen LogP contribution in [0.5, 0.6) is 5.75 Å². The molecule has 0 saturated carbocycles. The van der Waals surface area contributed by atoms with Crippen LogP contribution in [0.4, 0.5) is 4.39 Å². The van der Waals surface area contributed by atoms with Crippen molar-refractivity contribution in [3.63, 3.8) is 0 Å². The summed E-state index contributed by atoms with van der Waals surface area (Å²) in [5.74, 6) is -0.411. The number of methoxy groups -OCH3 is 2. The zero-order valence-electron chi connectivity index (χ0n) is 14.4. The zero-order chi connectivity index (χ0) is 19.0. The average Bonchev–Trinajstić information content (AvgIpc) is 3.35. The number of esters is 1. The molecular weight excluding hydrogens is 355 g/mol. The maximum atomic E-state index is 14.5. The molecule has 0 radical (unpaired) electrons. The first-order chi connectivity index (χ1) is 13.1. The van der Waals surface area contributed by atoms with Crippen molar-refractivity contribution in [1.29, 1.82) is 0 Å². The maximum absolute atomic E-state index is 14.5. The average molecular weight is 368 g/mol. The Labute approximate surface area is 152 Å². The Bertz CT molecular complexity index is 1130. The minimum Gasteiger partial charge on any atom is -0.497 e. The van der Waals surface area contributed by atoms with Crippen molar-refractivity contribution in [3.05, 3.63) is 54.0 Å². The van der Waals surface area contributed by atoms with E-state index in [-0.39, 0.29) is 22.5 Å². The van der Waals surface area contributed by atoms with E-state index in [1.807, 2.05) is 0 Å². The fourth-order valence-electron chi connectivity index (χ4n) is 2.77. The summed E-state index contributed by atoms with van der Waals surface area (Å²) < 4.78 is 35.0. The molecule has 0 fully saturated rings. The second-order valence-corrected chi connectivity index (χ2v) is 5.58. The number of furan rings is 1. The number of carbonyl (C=O) groups is 1. The minimum atomic E-state index is -0.631. The molecule has 1 aromatic carbocycles. The Morgan fingerprint density at radius 3 is 2.70 bits per heavy atom. The highest BCUT2D eigenvalue weighted by atomic mass is 19.1.